The molecule has 0 amide bonds. The first-order valence-electron chi connectivity index (χ1n) is 6.95. The summed E-state index contributed by atoms with van der Waals surface area (Å²) in [6.45, 7) is 1.70. The molecule has 0 saturated carbocycles. The zero-order valence-corrected chi connectivity index (χ0v) is 15.3. The van der Waals surface area contributed by atoms with E-state index < -0.39 is 16.0 Å². The molecule has 0 aliphatic heterocycles. The number of nitrogens with zero attached hydrogens (tertiary/aromatic N) is 3. The molecular formula is C13H12N4O5S3. The summed E-state index contributed by atoms with van der Waals surface area (Å²) in [5.74, 6) is -0.730. The quantitative estimate of drug-likeness (QED) is 0.625. The maximum Gasteiger partial charge on any atom is 0.339 e. The predicted octanol–water partition coefficient (Wildman–Crippen LogP) is 0.779. The van der Waals surface area contributed by atoms with Crippen LogP contribution in [-0.2, 0) is 27.8 Å². The highest BCUT2D eigenvalue weighted by Gasteiger charge is 2.17. The average molecular weight is 400 g/mol. The molecule has 0 atom stereocenters. The fourth-order valence-corrected chi connectivity index (χ4v) is 4.34. The van der Waals surface area contributed by atoms with Crippen LogP contribution in [0.3, 0.4) is 0 Å². The van der Waals surface area contributed by atoms with Crippen molar-refractivity contribution in [1.82, 2.24) is 14.6 Å². The number of thiophene rings is 1. The number of carbonyl (C=O) groups is 1. The van der Waals surface area contributed by atoms with Gasteiger partial charge < -0.3 is 4.74 Å². The van der Waals surface area contributed by atoms with E-state index in [0.29, 0.717) is 11.4 Å². The Morgan fingerprint density at radius 3 is 2.80 bits per heavy atom. The third-order valence-corrected chi connectivity index (χ3v) is 6.52. The molecule has 3 aromatic rings. The first-order chi connectivity index (χ1) is 11.8. The highest BCUT2D eigenvalue weighted by atomic mass is 32.2. The molecule has 2 N–H and O–H groups in total. The van der Waals surface area contributed by atoms with Gasteiger partial charge in [-0.1, -0.05) is 18.3 Å². The van der Waals surface area contributed by atoms with Gasteiger partial charge in [-0.05, 0) is 12.5 Å². The summed E-state index contributed by atoms with van der Waals surface area (Å²) >= 11 is 2.11. The molecule has 12 heteroatoms. The number of esters is 1. The zero-order valence-electron chi connectivity index (χ0n) is 12.8. The fourth-order valence-electron chi connectivity index (χ4n) is 1.91. The largest absolute Gasteiger partial charge is 0.456 e. The Labute approximate surface area is 149 Å². The first-order valence-corrected chi connectivity index (χ1v) is 10.2. The van der Waals surface area contributed by atoms with E-state index in [4.69, 9.17) is 9.88 Å². The van der Waals surface area contributed by atoms with Crippen LogP contribution in [0.2, 0.25) is 0 Å². The van der Waals surface area contributed by atoms with Gasteiger partial charge in [-0.2, -0.15) is 9.61 Å². The van der Waals surface area contributed by atoms with Crippen molar-refractivity contribution in [2.75, 3.05) is 0 Å². The zero-order chi connectivity index (χ0) is 18.2. The Kier molecular flexibility index (Phi) is 4.69. The van der Waals surface area contributed by atoms with Crippen molar-refractivity contribution in [1.29, 1.82) is 0 Å². The molecule has 9 nitrogen and oxygen atoms in total. The summed E-state index contributed by atoms with van der Waals surface area (Å²) in [7, 11) is -3.86. The van der Waals surface area contributed by atoms with Gasteiger partial charge in [0.25, 0.3) is 5.56 Å². The Morgan fingerprint density at radius 2 is 2.16 bits per heavy atom. The summed E-state index contributed by atoms with van der Waals surface area (Å²) in [6.07, 6.45) is 0.683. The van der Waals surface area contributed by atoms with E-state index >= 15 is 0 Å². The number of aromatic nitrogens is 3. The summed E-state index contributed by atoms with van der Waals surface area (Å²) in [6, 6.07) is 2.38. The highest BCUT2D eigenvalue weighted by molar-refractivity contribution is 7.91. The molecule has 0 aliphatic carbocycles. The third-order valence-electron chi connectivity index (χ3n) is 3.09. The second-order valence-electron chi connectivity index (χ2n) is 4.91. The second-order valence-corrected chi connectivity index (χ2v) is 8.65. The molecule has 0 aromatic carbocycles. The van der Waals surface area contributed by atoms with Crippen LogP contribution in [0.5, 0.6) is 0 Å². The number of rotatable bonds is 5. The smallest absolute Gasteiger partial charge is 0.339 e. The number of carbonyl (C=O) groups excluding carboxylic acids is 1. The number of nitrogens with two attached hydrogens (primary N) is 1. The van der Waals surface area contributed by atoms with Crippen LogP contribution in [0.15, 0.2) is 26.5 Å². The molecule has 3 aromatic heterocycles. The van der Waals surface area contributed by atoms with Gasteiger partial charge >= 0.3 is 5.97 Å². The van der Waals surface area contributed by atoms with Crippen LogP contribution in [0, 0.1) is 0 Å². The van der Waals surface area contributed by atoms with Crippen molar-refractivity contribution in [3.05, 3.63) is 44.1 Å². The summed E-state index contributed by atoms with van der Waals surface area (Å²) in [5.41, 5.74) is -0.0107. The number of sulfonamides is 1. The van der Waals surface area contributed by atoms with Crippen molar-refractivity contribution in [2.45, 2.75) is 24.2 Å². The lowest BCUT2D eigenvalue weighted by Crippen LogP contribution is -2.16. The van der Waals surface area contributed by atoms with Crippen LogP contribution in [0.4, 0.5) is 0 Å². The average Bonchev–Trinajstić information content (AvgIpc) is 3.19. The predicted molar refractivity (Wildman–Crippen MR) is 91.3 cm³/mol. The number of primary sulfonamides is 1. The Hall–Kier alpha value is -2.15. The monoisotopic (exact) mass is 400 g/mol. The van der Waals surface area contributed by atoms with Gasteiger partial charge in [-0.25, -0.2) is 23.3 Å². The topological polar surface area (TPSA) is 134 Å². The van der Waals surface area contributed by atoms with Crippen molar-refractivity contribution in [3.8, 4) is 0 Å². The maximum atomic E-state index is 12.0. The summed E-state index contributed by atoms with van der Waals surface area (Å²) in [4.78, 5) is 28.7. The van der Waals surface area contributed by atoms with Crippen LogP contribution in [0.1, 0.15) is 28.0 Å². The van der Waals surface area contributed by atoms with E-state index in [1.807, 2.05) is 6.92 Å². The minimum absolute atomic E-state index is 0.0675. The maximum absolute atomic E-state index is 12.0. The number of hydrogen-bond acceptors (Lipinski definition) is 9. The highest BCUT2D eigenvalue weighted by Crippen LogP contribution is 2.20. The van der Waals surface area contributed by atoms with Gasteiger partial charge in [0.05, 0.1) is 11.3 Å². The normalized spacial score (nSPS) is 11.8. The van der Waals surface area contributed by atoms with E-state index in [0.717, 1.165) is 22.4 Å². The van der Waals surface area contributed by atoms with Crippen LogP contribution < -0.4 is 10.7 Å². The van der Waals surface area contributed by atoms with Crippen molar-refractivity contribution >= 4 is 43.6 Å². The molecule has 0 saturated heterocycles. The minimum atomic E-state index is -3.86. The Morgan fingerprint density at radius 1 is 1.40 bits per heavy atom. The molecule has 0 spiro atoms. The van der Waals surface area contributed by atoms with Gasteiger partial charge in [0.1, 0.15) is 15.8 Å². The van der Waals surface area contributed by atoms with E-state index in [1.165, 1.54) is 27.3 Å². The lowest BCUT2D eigenvalue weighted by atomic mass is 10.3. The second kappa shape index (κ2) is 6.63. The molecule has 25 heavy (non-hydrogen) atoms. The summed E-state index contributed by atoms with van der Waals surface area (Å²) < 4.78 is 28.6. The Bertz CT molecular complexity index is 1110. The molecular weight excluding hydrogens is 388 g/mol. The number of ether oxygens (including phenoxy) is 1. The van der Waals surface area contributed by atoms with Crippen LogP contribution >= 0.6 is 22.7 Å². The van der Waals surface area contributed by atoms with Crippen LogP contribution in [0.25, 0.3) is 4.96 Å². The van der Waals surface area contributed by atoms with E-state index in [1.54, 1.807) is 0 Å². The van der Waals surface area contributed by atoms with E-state index in [9.17, 15) is 18.0 Å². The molecule has 0 unspecified atom stereocenters. The minimum Gasteiger partial charge on any atom is -0.456 e. The molecule has 0 radical (unpaired) electrons. The lowest BCUT2D eigenvalue weighted by molar-refractivity contribution is 0.0468. The van der Waals surface area contributed by atoms with Crippen molar-refractivity contribution in [3.63, 3.8) is 0 Å². The standard InChI is InChI=1S/C13H12N4O5S3/c1-2-9-16-17-10(18)4-8(15-13(17)24-9)5-22-12(19)7-3-11(23-6-7)25(14,20)21/h3-4,6H,2,5H2,1H3,(H2,14,20,21). The van der Waals surface area contributed by atoms with Gasteiger partial charge in [0, 0.05) is 11.4 Å². The van der Waals surface area contributed by atoms with E-state index in [-0.39, 0.29) is 27.6 Å². The molecule has 3 rings (SSSR count). The molecule has 3 heterocycles. The number of fused-ring (bicyclic) bond motifs is 1. The third kappa shape index (κ3) is 3.76. The Balaban J connectivity index is 1.77. The van der Waals surface area contributed by atoms with Gasteiger partial charge in [-0.3, -0.25) is 4.79 Å². The number of hydrogen-bond donors (Lipinski definition) is 1. The van der Waals surface area contributed by atoms with Gasteiger partial charge in [-0.15, -0.1) is 11.3 Å². The fraction of sp³-hybridized carbons (Fsp3) is 0.231. The molecule has 132 valence electrons. The molecule has 0 aliphatic rings. The lowest BCUT2D eigenvalue weighted by Gasteiger charge is -2.02. The first kappa shape index (κ1) is 17.7. The van der Waals surface area contributed by atoms with Crippen LogP contribution in [-0.4, -0.2) is 29.0 Å². The van der Waals surface area contributed by atoms with Gasteiger partial charge in [0.2, 0.25) is 15.0 Å². The van der Waals surface area contributed by atoms with Gasteiger partial charge in [0.15, 0.2) is 0 Å². The van der Waals surface area contributed by atoms with Crippen molar-refractivity contribution < 1.29 is 17.9 Å². The van der Waals surface area contributed by atoms with E-state index in [2.05, 4.69) is 10.1 Å². The molecule has 0 bridgehead atoms. The SMILES string of the molecule is CCc1nn2c(=O)cc(COC(=O)c3csc(S(N)(=O)=O)c3)nc2s1. The summed E-state index contributed by atoms with van der Waals surface area (Å²) in [5, 5.41) is 11.2. The molecule has 0 fully saturated rings. The number of aryl methyl sites for hydroxylation is 1. The van der Waals surface area contributed by atoms with Crippen molar-refractivity contribution in [2.24, 2.45) is 5.14 Å².